The molecule has 48 heavy (non-hydrogen) atoms. The van der Waals surface area contributed by atoms with E-state index in [9.17, 15) is 0 Å². The third-order valence-corrected chi connectivity index (χ3v) is 7.87. The lowest BCUT2D eigenvalue weighted by Crippen LogP contribution is -2.39. The van der Waals surface area contributed by atoms with E-state index in [0.717, 1.165) is 109 Å². The van der Waals surface area contributed by atoms with Crippen molar-refractivity contribution in [3.8, 4) is 23.0 Å². The summed E-state index contributed by atoms with van der Waals surface area (Å²) in [6, 6.07) is 16.5. The number of hydrogen-bond donors (Lipinski definition) is 2. The molecule has 0 aromatic heterocycles. The lowest BCUT2D eigenvalue weighted by atomic mass is 10.0. The van der Waals surface area contributed by atoms with Crippen molar-refractivity contribution in [3.05, 3.63) is 99.2 Å². The molecule has 0 fully saturated rings. The van der Waals surface area contributed by atoms with E-state index >= 15 is 0 Å². The lowest BCUT2D eigenvalue weighted by Gasteiger charge is -2.31. The van der Waals surface area contributed by atoms with Gasteiger partial charge in [0.2, 0.25) is 0 Å². The van der Waals surface area contributed by atoms with Crippen molar-refractivity contribution in [2.45, 2.75) is 83.6 Å². The first-order chi connectivity index (χ1) is 23.4. The Morgan fingerprint density at radius 3 is 1.67 bits per heavy atom. The van der Waals surface area contributed by atoms with Gasteiger partial charge in [0.15, 0.2) is 0 Å². The van der Waals surface area contributed by atoms with E-state index in [2.05, 4.69) is 75.1 Å². The molecule has 0 radical (unpaired) electrons. The Kier molecular flexibility index (Phi) is 17.1. The predicted octanol–water partition coefficient (Wildman–Crippen LogP) is 11.3. The molecule has 0 aliphatic heterocycles. The number of nitrogens with one attached hydrogen (secondary N) is 2. The molecule has 0 spiro atoms. The summed E-state index contributed by atoms with van der Waals surface area (Å²) in [7, 11) is 0. The SMILES string of the molecule is C=CCCCCOc1ccc2ccc(OCCCCC=C)c(NC(C)(C)CNc3c(OCCCC=C)cccc3OCCCC=C)c2c1. The standard InChI is InChI=1S/C42H58N2O4/c1-7-11-15-19-28-45-35-26-24-34-25-27-39(48-31-20-16-12-8-2)40(36(34)32-35)44-42(5,6)33-43-41-37(46-29-17-13-9-3)22-21-23-38(41)47-30-18-14-10-4/h7-10,21-27,32,43-44H,1-4,11-20,28-31,33H2,5-6H3. The van der Waals surface area contributed by atoms with E-state index in [4.69, 9.17) is 18.9 Å². The van der Waals surface area contributed by atoms with Crippen molar-refractivity contribution >= 4 is 22.1 Å². The van der Waals surface area contributed by atoms with Crippen LogP contribution in [-0.2, 0) is 0 Å². The van der Waals surface area contributed by atoms with Crippen molar-refractivity contribution in [1.82, 2.24) is 0 Å². The second kappa shape index (κ2) is 21.5. The first kappa shape index (κ1) is 38.1. The van der Waals surface area contributed by atoms with Crippen LogP contribution in [0.1, 0.15) is 78.1 Å². The smallest absolute Gasteiger partial charge is 0.146 e. The first-order valence-corrected chi connectivity index (χ1v) is 17.6. The molecule has 3 rings (SSSR count). The Hall–Kier alpha value is -4.32. The van der Waals surface area contributed by atoms with Crippen LogP contribution in [0.2, 0.25) is 0 Å². The van der Waals surface area contributed by atoms with Gasteiger partial charge in [0, 0.05) is 17.5 Å². The van der Waals surface area contributed by atoms with Gasteiger partial charge in [-0.15, -0.1) is 26.3 Å². The molecule has 0 atom stereocenters. The van der Waals surface area contributed by atoms with Gasteiger partial charge in [-0.05, 0) is 114 Å². The summed E-state index contributed by atoms with van der Waals surface area (Å²) in [5.41, 5.74) is 1.41. The molecule has 6 nitrogen and oxygen atoms in total. The first-order valence-electron chi connectivity index (χ1n) is 17.6. The summed E-state index contributed by atoms with van der Waals surface area (Å²) in [5.74, 6) is 3.23. The molecule has 3 aromatic rings. The van der Waals surface area contributed by atoms with Gasteiger partial charge in [-0.3, -0.25) is 0 Å². The molecule has 0 unspecified atom stereocenters. The second-order valence-corrected chi connectivity index (χ2v) is 12.6. The monoisotopic (exact) mass is 654 g/mol. The summed E-state index contributed by atoms with van der Waals surface area (Å²) in [4.78, 5) is 0. The van der Waals surface area contributed by atoms with Crippen LogP contribution in [0, 0.1) is 0 Å². The highest BCUT2D eigenvalue weighted by molar-refractivity contribution is 5.98. The maximum absolute atomic E-state index is 6.41. The topological polar surface area (TPSA) is 61.0 Å². The highest BCUT2D eigenvalue weighted by Crippen LogP contribution is 2.39. The van der Waals surface area contributed by atoms with Gasteiger partial charge in [-0.2, -0.15) is 0 Å². The number of ether oxygens (including phenoxy) is 4. The Labute approximate surface area is 289 Å². The number of anilines is 2. The van der Waals surface area contributed by atoms with Crippen LogP contribution in [0.15, 0.2) is 99.2 Å². The van der Waals surface area contributed by atoms with E-state index < -0.39 is 5.54 Å². The Morgan fingerprint density at radius 1 is 0.583 bits per heavy atom. The second-order valence-electron chi connectivity index (χ2n) is 12.6. The van der Waals surface area contributed by atoms with Crippen molar-refractivity contribution < 1.29 is 18.9 Å². The average molecular weight is 655 g/mol. The van der Waals surface area contributed by atoms with Crippen LogP contribution in [0.3, 0.4) is 0 Å². The molecule has 0 saturated carbocycles. The molecular weight excluding hydrogens is 596 g/mol. The van der Waals surface area contributed by atoms with Gasteiger partial charge < -0.3 is 29.6 Å². The fraction of sp³-hybridized carbons (Fsp3) is 0.429. The minimum absolute atomic E-state index is 0.396. The number of benzene rings is 3. The largest absolute Gasteiger partial charge is 0.494 e. The van der Waals surface area contributed by atoms with Gasteiger partial charge in [0.05, 0.1) is 32.1 Å². The summed E-state index contributed by atoms with van der Waals surface area (Å²) in [6.45, 7) is 22.8. The maximum atomic E-state index is 6.41. The molecule has 3 aromatic carbocycles. The van der Waals surface area contributed by atoms with Gasteiger partial charge in [0.25, 0.3) is 0 Å². The van der Waals surface area contributed by atoms with Crippen LogP contribution in [-0.4, -0.2) is 38.5 Å². The zero-order chi connectivity index (χ0) is 34.5. The molecule has 0 aliphatic rings. The van der Waals surface area contributed by atoms with E-state index in [1.807, 2.05) is 48.6 Å². The number of rotatable bonds is 27. The normalized spacial score (nSPS) is 11.0. The minimum Gasteiger partial charge on any atom is -0.494 e. The molecule has 0 aliphatic carbocycles. The van der Waals surface area contributed by atoms with Gasteiger partial charge in [0.1, 0.15) is 28.7 Å². The fourth-order valence-electron chi connectivity index (χ4n) is 5.21. The molecule has 0 amide bonds. The van der Waals surface area contributed by atoms with Crippen molar-refractivity contribution in [3.63, 3.8) is 0 Å². The summed E-state index contributed by atoms with van der Waals surface area (Å²) in [6.07, 6.45) is 17.4. The van der Waals surface area contributed by atoms with Gasteiger partial charge in [-0.25, -0.2) is 0 Å². The zero-order valence-electron chi connectivity index (χ0n) is 29.5. The summed E-state index contributed by atoms with van der Waals surface area (Å²) >= 11 is 0. The summed E-state index contributed by atoms with van der Waals surface area (Å²) in [5, 5.41) is 9.71. The van der Waals surface area contributed by atoms with Crippen molar-refractivity contribution in [2.24, 2.45) is 0 Å². The van der Waals surface area contributed by atoms with Crippen molar-refractivity contribution in [2.75, 3.05) is 43.6 Å². The van der Waals surface area contributed by atoms with Crippen LogP contribution in [0.25, 0.3) is 10.8 Å². The molecule has 6 heteroatoms. The van der Waals surface area contributed by atoms with Crippen LogP contribution >= 0.6 is 0 Å². The maximum Gasteiger partial charge on any atom is 0.146 e. The molecule has 0 heterocycles. The van der Waals surface area contributed by atoms with E-state index in [-0.39, 0.29) is 0 Å². The Morgan fingerprint density at radius 2 is 1.08 bits per heavy atom. The highest BCUT2D eigenvalue weighted by atomic mass is 16.5. The number of para-hydroxylation sites is 1. The third kappa shape index (κ3) is 13.1. The van der Waals surface area contributed by atoms with E-state index in [1.54, 1.807) is 0 Å². The molecule has 0 bridgehead atoms. The van der Waals surface area contributed by atoms with Gasteiger partial charge in [-0.1, -0.05) is 42.5 Å². The Balaban J connectivity index is 1.87. The van der Waals surface area contributed by atoms with Crippen molar-refractivity contribution in [1.29, 1.82) is 0 Å². The molecule has 0 saturated heterocycles. The number of allylic oxidation sites excluding steroid dienone is 4. The number of hydrogen-bond acceptors (Lipinski definition) is 6. The minimum atomic E-state index is -0.396. The number of fused-ring (bicyclic) bond motifs is 1. The van der Waals surface area contributed by atoms with Crippen LogP contribution in [0.5, 0.6) is 23.0 Å². The quantitative estimate of drug-likeness (QED) is 0.0630. The molecular formula is C42H58N2O4. The summed E-state index contributed by atoms with van der Waals surface area (Å²) < 4.78 is 25.1. The lowest BCUT2D eigenvalue weighted by molar-refractivity contribution is 0.299. The average Bonchev–Trinajstić information content (AvgIpc) is 3.08. The van der Waals surface area contributed by atoms with Crippen LogP contribution < -0.4 is 29.6 Å². The highest BCUT2D eigenvalue weighted by Gasteiger charge is 2.23. The molecule has 260 valence electrons. The zero-order valence-corrected chi connectivity index (χ0v) is 29.5. The Bertz CT molecular complexity index is 1390. The van der Waals surface area contributed by atoms with E-state index in [1.165, 1.54) is 0 Å². The third-order valence-electron chi connectivity index (χ3n) is 7.87. The molecule has 2 N–H and O–H groups in total. The van der Waals surface area contributed by atoms with E-state index in [0.29, 0.717) is 33.0 Å². The van der Waals surface area contributed by atoms with Gasteiger partial charge >= 0.3 is 0 Å². The fourth-order valence-corrected chi connectivity index (χ4v) is 5.21. The number of unbranched alkanes of at least 4 members (excludes halogenated alkanes) is 6. The van der Waals surface area contributed by atoms with Crippen LogP contribution in [0.4, 0.5) is 11.4 Å². The predicted molar refractivity (Wildman–Crippen MR) is 206 cm³/mol.